The topological polar surface area (TPSA) is 89.1 Å². The summed E-state index contributed by atoms with van der Waals surface area (Å²) >= 11 is 0. The zero-order valence-electron chi connectivity index (χ0n) is 12.4. The molecule has 0 aromatic carbocycles. The van der Waals surface area contributed by atoms with Crippen LogP contribution >= 0.6 is 0 Å². The number of aliphatic carboxylic acids is 1. The standard InChI is InChI=1S/C15H19N3O3/c1-10(2)15(3,14(19)20)9-13-17-12(18-21-13)8-11-4-6-16-7-5-11/h4-7,10H,8-9H2,1-3H3,(H,19,20). The van der Waals surface area contributed by atoms with Gasteiger partial charge in [0, 0.05) is 25.2 Å². The Morgan fingerprint density at radius 3 is 2.62 bits per heavy atom. The fourth-order valence-corrected chi connectivity index (χ4v) is 1.96. The third-order valence-corrected chi connectivity index (χ3v) is 3.90. The second kappa shape index (κ2) is 6.03. The number of rotatable bonds is 6. The van der Waals surface area contributed by atoms with Crippen LogP contribution in [0.15, 0.2) is 29.0 Å². The Morgan fingerprint density at radius 1 is 1.38 bits per heavy atom. The maximum Gasteiger partial charge on any atom is 0.310 e. The molecule has 6 nitrogen and oxygen atoms in total. The third kappa shape index (κ3) is 3.45. The molecule has 0 bridgehead atoms. The zero-order chi connectivity index (χ0) is 15.5. The van der Waals surface area contributed by atoms with Crippen molar-refractivity contribution in [3.63, 3.8) is 0 Å². The first kappa shape index (κ1) is 15.2. The van der Waals surface area contributed by atoms with Crippen molar-refractivity contribution in [1.82, 2.24) is 15.1 Å². The van der Waals surface area contributed by atoms with Gasteiger partial charge >= 0.3 is 5.97 Å². The SMILES string of the molecule is CC(C)C(C)(Cc1nc(Cc2ccncc2)no1)C(=O)O. The monoisotopic (exact) mass is 289 g/mol. The summed E-state index contributed by atoms with van der Waals surface area (Å²) in [5.74, 6) is 0.0160. The fraction of sp³-hybridized carbons (Fsp3) is 0.467. The van der Waals surface area contributed by atoms with Crippen LogP contribution in [0, 0.1) is 11.3 Å². The van der Waals surface area contributed by atoms with Crippen LogP contribution in [0.4, 0.5) is 0 Å². The highest BCUT2D eigenvalue weighted by Crippen LogP contribution is 2.31. The molecule has 0 aliphatic carbocycles. The van der Waals surface area contributed by atoms with Crippen LogP contribution in [0.2, 0.25) is 0 Å². The van der Waals surface area contributed by atoms with E-state index in [0.29, 0.717) is 18.1 Å². The Labute approximate surface area is 123 Å². The molecule has 21 heavy (non-hydrogen) atoms. The van der Waals surface area contributed by atoms with Gasteiger partial charge in [-0.05, 0) is 30.5 Å². The molecule has 1 N–H and O–H groups in total. The summed E-state index contributed by atoms with van der Waals surface area (Å²) in [5.41, 5.74) is 0.114. The summed E-state index contributed by atoms with van der Waals surface area (Å²) in [5, 5.41) is 13.3. The average molecular weight is 289 g/mol. The van der Waals surface area contributed by atoms with E-state index in [-0.39, 0.29) is 12.3 Å². The zero-order valence-corrected chi connectivity index (χ0v) is 12.4. The van der Waals surface area contributed by atoms with Crippen molar-refractivity contribution in [2.75, 3.05) is 0 Å². The van der Waals surface area contributed by atoms with Crippen LogP contribution in [0.5, 0.6) is 0 Å². The van der Waals surface area contributed by atoms with E-state index in [1.807, 2.05) is 26.0 Å². The van der Waals surface area contributed by atoms with Crippen LogP contribution in [-0.2, 0) is 17.6 Å². The van der Waals surface area contributed by atoms with Crippen molar-refractivity contribution >= 4 is 5.97 Å². The molecule has 2 aromatic heterocycles. The lowest BCUT2D eigenvalue weighted by atomic mass is 9.76. The van der Waals surface area contributed by atoms with Gasteiger partial charge in [-0.3, -0.25) is 9.78 Å². The lowest BCUT2D eigenvalue weighted by molar-refractivity contribution is -0.150. The average Bonchev–Trinajstić information content (AvgIpc) is 2.86. The van der Waals surface area contributed by atoms with Gasteiger partial charge in [-0.25, -0.2) is 0 Å². The number of carboxylic acids is 1. The first-order valence-corrected chi connectivity index (χ1v) is 6.85. The van der Waals surface area contributed by atoms with E-state index >= 15 is 0 Å². The Bertz CT molecular complexity index is 610. The van der Waals surface area contributed by atoms with Crippen LogP contribution < -0.4 is 0 Å². The Morgan fingerprint density at radius 2 is 2.05 bits per heavy atom. The first-order valence-electron chi connectivity index (χ1n) is 6.85. The van der Waals surface area contributed by atoms with E-state index in [4.69, 9.17) is 4.52 Å². The van der Waals surface area contributed by atoms with Crippen molar-refractivity contribution in [3.8, 4) is 0 Å². The number of hydrogen-bond acceptors (Lipinski definition) is 5. The molecule has 1 unspecified atom stereocenters. The molecule has 0 saturated heterocycles. The summed E-state index contributed by atoms with van der Waals surface area (Å²) in [6.45, 7) is 5.46. The molecule has 2 heterocycles. The van der Waals surface area contributed by atoms with Gasteiger partial charge in [-0.15, -0.1) is 0 Å². The maximum absolute atomic E-state index is 11.5. The summed E-state index contributed by atoms with van der Waals surface area (Å²) in [6, 6.07) is 3.76. The summed E-state index contributed by atoms with van der Waals surface area (Å²) < 4.78 is 5.19. The summed E-state index contributed by atoms with van der Waals surface area (Å²) in [6.07, 6.45) is 4.17. The minimum Gasteiger partial charge on any atom is -0.481 e. The van der Waals surface area contributed by atoms with E-state index in [2.05, 4.69) is 15.1 Å². The molecule has 6 heteroatoms. The highest BCUT2D eigenvalue weighted by Gasteiger charge is 2.38. The Kier molecular flexibility index (Phi) is 4.35. The lowest BCUT2D eigenvalue weighted by Crippen LogP contribution is -2.35. The molecule has 112 valence electrons. The number of aromatic nitrogens is 3. The minimum absolute atomic E-state index is 0.0365. The number of hydrogen-bond donors (Lipinski definition) is 1. The highest BCUT2D eigenvalue weighted by molar-refractivity contribution is 5.74. The number of carbonyl (C=O) groups is 1. The number of carboxylic acid groups (broad SMARTS) is 1. The molecule has 0 fully saturated rings. The molecular weight excluding hydrogens is 270 g/mol. The normalized spacial score (nSPS) is 14.1. The molecule has 0 aliphatic rings. The predicted molar refractivity (Wildman–Crippen MR) is 75.6 cm³/mol. The Hall–Kier alpha value is -2.24. The van der Waals surface area contributed by atoms with E-state index < -0.39 is 11.4 Å². The molecule has 1 atom stereocenters. The predicted octanol–water partition coefficient (Wildman–Crippen LogP) is 2.34. The van der Waals surface area contributed by atoms with Crippen LogP contribution in [-0.4, -0.2) is 26.2 Å². The smallest absolute Gasteiger partial charge is 0.310 e. The van der Waals surface area contributed by atoms with Crippen LogP contribution in [0.3, 0.4) is 0 Å². The molecule has 0 saturated carbocycles. The number of pyridine rings is 1. The van der Waals surface area contributed by atoms with Gasteiger partial charge in [0.1, 0.15) is 0 Å². The van der Waals surface area contributed by atoms with E-state index in [9.17, 15) is 9.90 Å². The van der Waals surface area contributed by atoms with Gasteiger partial charge in [0.05, 0.1) is 5.41 Å². The highest BCUT2D eigenvalue weighted by atomic mass is 16.5. The second-order valence-corrected chi connectivity index (χ2v) is 5.69. The van der Waals surface area contributed by atoms with Crippen molar-refractivity contribution in [1.29, 1.82) is 0 Å². The van der Waals surface area contributed by atoms with Gasteiger partial charge in [0.15, 0.2) is 5.82 Å². The number of nitrogens with zero attached hydrogens (tertiary/aromatic N) is 3. The molecule has 0 aliphatic heterocycles. The molecule has 0 radical (unpaired) electrons. The van der Waals surface area contributed by atoms with E-state index in [1.165, 1.54) is 0 Å². The summed E-state index contributed by atoms with van der Waals surface area (Å²) in [7, 11) is 0. The van der Waals surface area contributed by atoms with Crippen molar-refractivity contribution in [2.45, 2.75) is 33.6 Å². The van der Waals surface area contributed by atoms with Gasteiger partial charge in [-0.1, -0.05) is 19.0 Å². The van der Waals surface area contributed by atoms with Crippen molar-refractivity contribution < 1.29 is 14.4 Å². The third-order valence-electron chi connectivity index (χ3n) is 3.90. The fourth-order valence-electron chi connectivity index (χ4n) is 1.96. The van der Waals surface area contributed by atoms with Crippen LogP contribution in [0.1, 0.15) is 38.0 Å². The van der Waals surface area contributed by atoms with Crippen molar-refractivity contribution in [3.05, 3.63) is 41.8 Å². The quantitative estimate of drug-likeness (QED) is 0.878. The van der Waals surface area contributed by atoms with Gasteiger partial charge < -0.3 is 9.63 Å². The largest absolute Gasteiger partial charge is 0.481 e. The van der Waals surface area contributed by atoms with Gasteiger partial charge in [0.2, 0.25) is 5.89 Å². The molecular formula is C15H19N3O3. The lowest BCUT2D eigenvalue weighted by Gasteiger charge is -2.27. The van der Waals surface area contributed by atoms with E-state index in [1.54, 1.807) is 19.3 Å². The summed E-state index contributed by atoms with van der Waals surface area (Å²) in [4.78, 5) is 19.7. The first-order chi connectivity index (χ1) is 9.91. The molecule has 2 aromatic rings. The van der Waals surface area contributed by atoms with Crippen molar-refractivity contribution in [2.24, 2.45) is 11.3 Å². The minimum atomic E-state index is -0.916. The van der Waals surface area contributed by atoms with Gasteiger partial charge in [0.25, 0.3) is 0 Å². The Balaban J connectivity index is 2.11. The maximum atomic E-state index is 11.5. The second-order valence-electron chi connectivity index (χ2n) is 5.69. The van der Waals surface area contributed by atoms with E-state index in [0.717, 1.165) is 5.56 Å². The molecule has 0 amide bonds. The van der Waals surface area contributed by atoms with Gasteiger partial charge in [-0.2, -0.15) is 4.98 Å². The van der Waals surface area contributed by atoms with Crippen LogP contribution in [0.25, 0.3) is 0 Å². The molecule has 2 rings (SSSR count). The molecule has 0 spiro atoms.